The molecule has 0 N–H and O–H groups in total. The first kappa shape index (κ1) is 8.12. The van der Waals surface area contributed by atoms with Crippen molar-refractivity contribution in [3.8, 4) is 0 Å². The number of hydrogen-bond acceptors (Lipinski definition) is 1. The summed E-state index contributed by atoms with van der Waals surface area (Å²) in [6, 6.07) is 0. The topological polar surface area (TPSA) is 9.23 Å². The van der Waals surface area contributed by atoms with Crippen molar-refractivity contribution in [2.45, 2.75) is 32.5 Å². The number of hydrogen-bond donors (Lipinski definition) is 0. The molecule has 0 aromatic heterocycles. The van der Waals surface area contributed by atoms with E-state index in [0.717, 1.165) is 13.2 Å². The summed E-state index contributed by atoms with van der Waals surface area (Å²) in [5.74, 6) is 0. The van der Waals surface area contributed by atoms with Crippen LogP contribution in [0.25, 0.3) is 0 Å². The van der Waals surface area contributed by atoms with E-state index >= 15 is 0 Å². The fraction of sp³-hybridized carbons (Fsp3) is 1.00. The van der Waals surface area contributed by atoms with E-state index in [-0.39, 0.29) is 0 Å². The van der Waals surface area contributed by atoms with Crippen molar-refractivity contribution in [1.82, 2.24) is 0 Å². The summed E-state index contributed by atoms with van der Waals surface area (Å²) >= 11 is 0. The maximum absolute atomic E-state index is 5.18. The summed E-state index contributed by atoms with van der Waals surface area (Å²) in [6.45, 7) is 8.79. The highest BCUT2D eigenvalue weighted by Gasteiger charge is 2.36. The zero-order chi connectivity index (χ0) is 7.83. The Kier molecular flexibility index (Phi) is 1.84. The molecule has 1 aliphatic heterocycles. The minimum atomic E-state index is 0.457. The Balaban J connectivity index is 2.37. The van der Waals surface area contributed by atoms with Crippen LogP contribution in [0.5, 0.6) is 0 Å². The van der Waals surface area contributed by atoms with Crippen molar-refractivity contribution in [3.63, 3.8) is 0 Å². The van der Waals surface area contributed by atoms with Gasteiger partial charge in [-0.05, 0) is 17.2 Å². The van der Waals surface area contributed by atoms with Crippen molar-refractivity contribution < 1.29 is 4.74 Å². The summed E-state index contributed by atoms with van der Waals surface area (Å²) in [7, 11) is 2.31. The Morgan fingerprint density at radius 2 is 1.90 bits per heavy atom. The van der Waals surface area contributed by atoms with E-state index in [1.165, 1.54) is 6.42 Å². The van der Waals surface area contributed by atoms with E-state index in [1.54, 1.807) is 0 Å². The zero-order valence-electron chi connectivity index (χ0n) is 7.53. The lowest BCUT2D eigenvalue weighted by Crippen LogP contribution is -2.39. The average Bonchev–Trinajstić information content (AvgIpc) is 1.57. The standard InChI is InChI=1S/C8H17BO/c1-7(2,3)4-8(9)5-10-6-8/h4-6,9H2,1-3H3. The van der Waals surface area contributed by atoms with Gasteiger partial charge in [-0.3, -0.25) is 0 Å². The van der Waals surface area contributed by atoms with E-state index < -0.39 is 0 Å². The number of rotatable bonds is 1. The molecule has 10 heavy (non-hydrogen) atoms. The van der Waals surface area contributed by atoms with Crippen LogP contribution < -0.4 is 0 Å². The molecule has 1 aliphatic rings. The van der Waals surface area contributed by atoms with Crippen LogP contribution in [0, 0.1) is 5.41 Å². The van der Waals surface area contributed by atoms with Crippen molar-refractivity contribution in [3.05, 3.63) is 0 Å². The molecular formula is C8H17BO. The molecule has 1 fully saturated rings. The lowest BCUT2D eigenvalue weighted by atomic mass is 9.60. The van der Waals surface area contributed by atoms with Crippen LogP contribution in [-0.4, -0.2) is 21.1 Å². The van der Waals surface area contributed by atoms with E-state index in [0.29, 0.717) is 10.7 Å². The highest BCUT2D eigenvalue weighted by atomic mass is 16.5. The molecule has 1 saturated heterocycles. The normalized spacial score (nSPS) is 23.9. The smallest absolute Gasteiger partial charge is 0.115 e. The minimum absolute atomic E-state index is 0.457. The van der Waals surface area contributed by atoms with Crippen LogP contribution in [0.15, 0.2) is 0 Å². The third kappa shape index (κ3) is 2.01. The summed E-state index contributed by atoms with van der Waals surface area (Å²) in [6.07, 6.45) is 1.28. The van der Waals surface area contributed by atoms with Gasteiger partial charge < -0.3 is 4.74 Å². The van der Waals surface area contributed by atoms with E-state index in [4.69, 9.17) is 4.74 Å². The van der Waals surface area contributed by atoms with Crippen LogP contribution in [0.1, 0.15) is 27.2 Å². The molecule has 0 radical (unpaired) electrons. The van der Waals surface area contributed by atoms with Gasteiger partial charge in [0.2, 0.25) is 0 Å². The minimum Gasteiger partial charge on any atom is -0.382 e. The van der Waals surface area contributed by atoms with Gasteiger partial charge in [-0.1, -0.05) is 20.8 Å². The summed E-state index contributed by atoms with van der Waals surface area (Å²) in [5.41, 5.74) is 0.457. The Hall–Kier alpha value is 0.0249. The fourth-order valence-corrected chi connectivity index (χ4v) is 1.83. The van der Waals surface area contributed by atoms with Crippen molar-refractivity contribution in [2.24, 2.45) is 5.41 Å². The van der Waals surface area contributed by atoms with Crippen LogP contribution >= 0.6 is 0 Å². The number of ether oxygens (including phenoxy) is 1. The first-order chi connectivity index (χ1) is 4.41. The summed E-state index contributed by atoms with van der Waals surface area (Å²) < 4.78 is 5.18. The van der Waals surface area contributed by atoms with Crippen molar-refractivity contribution in [1.29, 1.82) is 0 Å². The molecule has 0 bridgehead atoms. The molecule has 1 rings (SSSR count). The second-order valence-corrected chi connectivity index (χ2v) is 5.04. The molecule has 0 unspecified atom stereocenters. The third-order valence-corrected chi connectivity index (χ3v) is 1.86. The van der Waals surface area contributed by atoms with Crippen LogP contribution in [0.2, 0.25) is 5.31 Å². The molecule has 2 heteroatoms. The van der Waals surface area contributed by atoms with Gasteiger partial charge in [0.05, 0.1) is 0 Å². The van der Waals surface area contributed by atoms with Gasteiger partial charge in [0.1, 0.15) is 7.85 Å². The van der Waals surface area contributed by atoms with Crippen molar-refractivity contribution >= 4 is 7.85 Å². The Morgan fingerprint density at radius 3 is 2.00 bits per heavy atom. The summed E-state index contributed by atoms with van der Waals surface area (Å²) in [5, 5.41) is 0.484. The van der Waals surface area contributed by atoms with E-state index in [9.17, 15) is 0 Å². The lowest BCUT2D eigenvalue weighted by molar-refractivity contribution is -0.0352. The average molecular weight is 140 g/mol. The van der Waals surface area contributed by atoms with Crippen LogP contribution in [0.3, 0.4) is 0 Å². The molecule has 0 atom stereocenters. The van der Waals surface area contributed by atoms with Gasteiger partial charge in [0.25, 0.3) is 0 Å². The van der Waals surface area contributed by atoms with Crippen LogP contribution in [0.4, 0.5) is 0 Å². The summed E-state index contributed by atoms with van der Waals surface area (Å²) in [4.78, 5) is 0. The lowest BCUT2D eigenvalue weighted by Gasteiger charge is -2.42. The molecule has 1 heterocycles. The molecular weight excluding hydrogens is 123 g/mol. The largest absolute Gasteiger partial charge is 0.382 e. The first-order valence-corrected chi connectivity index (χ1v) is 3.99. The third-order valence-electron chi connectivity index (χ3n) is 1.86. The fourth-order valence-electron chi connectivity index (χ4n) is 1.83. The molecule has 0 aromatic carbocycles. The Labute approximate surface area is 64.6 Å². The predicted octanol–water partition coefficient (Wildman–Crippen LogP) is 1.24. The second-order valence-electron chi connectivity index (χ2n) is 5.04. The quantitative estimate of drug-likeness (QED) is 0.498. The van der Waals surface area contributed by atoms with E-state index in [2.05, 4.69) is 28.6 Å². The van der Waals surface area contributed by atoms with Crippen molar-refractivity contribution in [2.75, 3.05) is 13.2 Å². The highest BCUT2D eigenvalue weighted by Crippen LogP contribution is 2.42. The van der Waals surface area contributed by atoms with Gasteiger partial charge in [-0.2, -0.15) is 0 Å². The zero-order valence-corrected chi connectivity index (χ0v) is 7.53. The van der Waals surface area contributed by atoms with Gasteiger partial charge in [-0.25, -0.2) is 0 Å². The molecule has 0 amide bonds. The molecule has 0 saturated carbocycles. The SMILES string of the molecule is BC1(CC(C)(C)C)COC1. The molecule has 0 aliphatic carbocycles. The highest BCUT2D eigenvalue weighted by molar-refractivity contribution is 6.16. The molecule has 1 nitrogen and oxygen atoms in total. The Bertz CT molecular complexity index is 122. The molecule has 58 valence electrons. The van der Waals surface area contributed by atoms with Gasteiger partial charge in [-0.15, -0.1) is 0 Å². The monoisotopic (exact) mass is 140 g/mol. The molecule has 0 spiro atoms. The van der Waals surface area contributed by atoms with Gasteiger partial charge >= 0.3 is 0 Å². The van der Waals surface area contributed by atoms with Gasteiger partial charge in [0.15, 0.2) is 0 Å². The Morgan fingerprint density at radius 1 is 1.40 bits per heavy atom. The maximum Gasteiger partial charge on any atom is 0.115 e. The van der Waals surface area contributed by atoms with Crippen LogP contribution in [-0.2, 0) is 4.74 Å². The maximum atomic E-state index is 5.18. The second kappa shape index (κ2) is 2.26. The van der Waals surface area contributed by atoms with Gasteiger partial charge in [0, 0.05) is 13.2 Å². The first-order valence-electron chi connectivity index (χ1n) is 3.99. The van der Waals surface area contributed by atoms with E-state index in [1.807, 2.05) is 0 Å². The predicted molar refractivity (Wildman–Crippen MR) is 46.1 cm³/mol. The molecule has 0 aromatic rings.